The second-order valence-corrected chi connectivity index (χ2v) is 36.9. The molecule has 0 amide bonds. The lowest BCUT2D eigenvalue weighted by Gasteiger charge is -2.21. The minimum Gasteiger partial charge on any atom is -0.462 e. The number of carbonyl (C=O) groups excluding carboxylic acids is 4. The molecule has 4 unspecified atom stereocenters. The molecule has 0 fully saturated rings. The molecular weight excluding hydrogens is 1410 g/mol. The van der Waals surface area contributed by atoms with Crippen molar-refractivity contribution in [3.8, 4) is 0 Å². The SMILES string of the molecule is CCC(C)CCCCCCCCCCCCCCCCCCCCC(=O)OC[C@H](COP(=O)(O)OCC(O)COP(=O)(O)OC[C@@H](COC(=O)CCCCCCCCCC(C)C)OC(=O)CCCCCCCCCCCCCCCCCC(C)C)OC(=O)CCCCCCCCCCCCCCCCCCC(C)C. The fourth-order valence-electron chi connectivity index (χ4n) is 14.0. The molecule has 0 aromatic heterocycles. The normalized spacial score (nSPS) is 14.1. The minimum absolute atomic E-state index is 0.107. The number of ether oxygens (including phenoxy) is 4. The van der Waals surface area contributed by atoms with Crippen LogP contribution in [0.25, 0.3) is 0 Å². The summed E-state index contributed by atoms with van der Waals surface area (Å²) in [7, 11) is -9.93. The first-order chi connectivity index (χ1) is 52.6. The molecule has 0 radical (unpaired) electrons. The van der Waals surface area contributed by atoms with Crippen molar-refractivity contribution in [1.82, 2.24) is 0 Å². The van der Waals surface area contributed by atoms with E-state index < -0.39 is 97.5 Å². The van der Waals surface area contributed by atoms with Gasteiger partial charge in [0.25, 0.3) is 0 Å². The van der Waals surface area contributed by atoms with Gasteiger partial charge in [-0.2, -0.15) is 0 Å². The third-order valence-electron chi connectivity index (χ3n) is 21.4. The highest BCUT2D eigenvalue weighted by Crippen LogP contribution is 2.45. The largest absolute Gasteiger partial charge is 0.472 e. The van der Waals surface area contributed by atoms with Crippen molar-refractivity contribution in [2.45, 2.75) is 491 Å². The van der Waals surface area contributed by atoms with Crippen molar-refractivity contribution < 1.29 is 80.2 Å². The summed E-state index contributed by atoms with van der Waals surface area (Å²) < 4.78 is 69.0. The summed E-state index contributed by atoms with van der Waals surface area (Å²) in [5.41, 5.74) is 0. The van der Waals surface area contributed by atoms with Gasteiger partial charge in [0.15, 0.2) is 12.2 Å². The van der Waals surface area contributed by atoms with Crippen LogP contribution in [0.2, 0.25) is 0 Å². The van der Waals surface area contributed by atoms with Crippen LogP contribution in [-0.2, 0) is 65.4 Å². The van der Waals surface area contributed by atoms with Gasteiger partial charge in [-0.25, -0.2) is 9.13 Å². The van der Waals surface area contributed by atoms with E-state index in [2.05, 4.69) is 55.4 Å². The molecule has 0 spiro atoms. The third-order valence-corrected chi connectivity index (χ3v) is 23.3. The van der Waals surface area contributed by atoms with E-state index in [1.54, 1.807) is 0 Å². The number of aliphatic hydroxyl groups excluding tert-OH is 1. The summed E-state index contributed by atoms with van der Waals surface area (Å²) in [6.07, 6.45) is 69.6. The molecule has 0 heterocycles. The molecule has 0 aromatic carbocycles. The van der Waals surface area contributed by atoms with Crippen molar-refractivity contribution in [1.29, 1.82) is 0 Å². The summed E-state index contributed by atoms with van der Waals surface area (Å²) in [6, 6.07) is 0. The number of esters is 4. The molecule has 109 heavy (non-hydrogen) atoms. The number of hydrogen-bond donors (Lipinski definition) is 3. The van der Waals surface area contributed by atoms with E-state index >= 15 is 0 Å². The van der Waals surface area contributed by atoms with Crippen LogP contribution in [0.15, 0.2) is 0 Å². The summed E-state index contributed by atoms with van der Waals surface area (Å²) in [5, 5.41) is 10.7. The Morgan fingerprint density at radius 3 is 0.651 bits per heavy atom. The van der Waals surface area contributed by atoms with Gasteiger partial charge in [0.2, 0.25) is 0 Å². The maximum Gasteiger partial charge on any atom is 0.472 e. The molecule has 0 rings (SSSR count). The molecule has 0 aliphatic rings. The third kappa shape index (κ3) is 82.4. The van der Waals surface area contributed by atoms with Crippen LogP contribution >= 0.6 is 15.6 Å². The number of rotatable bonds is 87. The van der Waals surface area contributed by atoms with Gasteiger partial charge in [-0.15, -0.1) is 0 Å². The lowest BCUT2D eigenvalue weighted by atomic mass is 9.99. The second kappa shape index (κ2) is 78.6. The van der Waals surface area contributed by atoms with Crippen LogP contribution in [0.1, 0.15) is 473 Å². The number of unbranched alkanes of at least 4 members (excludes halogenated alkanes) is 52. The van der Waals surface area contributed by atoms with Gasteiger partial charge in [-0.3, -0.25) is 37.3 Å². The van der Waals surface area contributed by atoms with Gasteiger partial charge in [-0.1, -0.05) is 421 Å². The van der Waals surface area contributed by atoms with E-state index in [0.717, 1.165) is 114 Å². The molecule has 0 saturated heterocycles. The lowest BCUT2D eigenvalue weighted by molar-refractivity contribution is -0.161. The Hall–Kier alpha value is -1.94. The fourth-order valence-corrected chi connectivity index (χ4v) is 15.6. The topological polar surface area (TPSA) is 237 Å². The average Bonchev–Trinajstić information content (AvgIpc) is 0.896. The predicted molar refractivity (Wildman–Crippen MR) is 451 cm³/mol. The zero-order chi connectivity index (χ0) is 80.2. The zero-order valence-electron chi connectivity index (χ0n) is 72.2. The first kappa shape index (κ1) is 107. The molecule has 6 atom stereocenters. The Kier molecular flexibility index (Phi) is 77.2. The summed E-state index contributed by atoms with van der Waals surface area (Å²) in [5.74, 6) is 1.09. The van der Waals surface area contributed by atoms with E-state index in [1.165, 1.54) is 270 Å². The van der Waals surface area contributed by atoms with Crippen molar-refractivity contribution in [3.63, 3.8) is 0 Å². The van der Waals surface area contributed by atoms with Gasteiger partial charge < -0.3 is 33.8 Å². The Morgan fingerprint density at radius 2 is 0.440 bits per heavy atom. The first-order valence-electron chi connectivity index (χ1n) is 46.2. The van der Waals surface area contributed by atoms with Crippen LogP contribution < -0.4 is 0 Å². The van der Waals surface area contributed by atoms with Gasteiger partial charge in [0.05, 0.1) is 26.4 Å². The zero-order valence-corrected chi connectivity index (χ0v) is 74.0. The number of aliphatic hydroxyl groups is 1. The van der Waals surface area contributed by atoms with Gasteiger partial charge in [0.1, 0.15) is 19.3 Å². The molecule has 17 nitrogen and oxygen atoms in total. The van der Waals surface area contributed by atoms with E-state index in [1.807, 2.05) is 0 Å². The quantitative estimate of drug-likeness (QED) is 0.0222. The van der Waals surface area contributed by atoms with Crippen molar-refractivity contribution in [3.05, 3.63) is 0 Å². The van der Waals surface area contributed by atoms with Gasteiger partial charge in [0, 0.05) is 25.7 Å². The predicted octanol–water partition coefficient (Wildman–Crippen LogP) is 27.5. The van der Waals surface area contributed by atoms with Crippen LogP contribution in [0.5, 0.6) is 0 Å². The lowest BCUT2D eigenvalue weighted by Crippen LogP contribution is -2.30. The molecule has 0 aliphatic carbocycles. The van der Waals surface area contributed by atoms with Crippen LogP contribution in [0.3, 0.4) is 0 Å². The Bertz CT molecular complexity index is 2110. The second-order valence-electron chi connectivity index (χ2n) is 34.0. The number of hydrogen-bond acceptors (Lipinski definition) is 15. The monoisotopic (exact) mass is 1590 g/mol. The van der Waals surface area contributed by atoms with Crippen molar-refractivity contribution >= 4 is 39.5 Å². The van der Waals surface area contributed by atoms with Gasteiger partial charge >= 0.3 is 39.5 Å². The highest BCUT2D eigenvalue weighted by atomic mass is 31.2. The van der Waals surface area contributed by atoms with E-state index in [4.69, 9.17) is 37.0 Å². The molecule has 0 saturated carbocycles. The van der Waals surface area contributed by atoms with Gasteiger partial charge in [-0.05, 0) is 49.4 Å². The molecule has 648 valence electrons. The number of phosphoric ester groups is 2. The maximum atomic E-state index is 13.2. The van der Waals surface area contributed by atoms with Crippen LogP contribution in [0.4, 0.5) is 0 Å². The van der Waals surface area contributed by atoms with Crippen LogP contribution in [0, 0.1) is 23.7 Å². The fraction of sp³-hybridized carbons (Fsp3) is 0.956. The molecule has 0 aromatic rings. The maximum absolute atomic E-state index is 13.2. The Morgan fingerprint density at radius 1 is 0.257 bits per heavy atom. The van der Waals surface area contributed by atoms with Crippen LogP contribution in [-0.4, -0.2) is 96.7 Å². The number of phosphoric acid groups is 2. The molecular formula is C90H176O17P2. The highest BCUT2D eigenvalue weighted by molar-refractivity contribution is 7.47. The standard InChI is InChI=1S/C90H176O17P2/c1-9-83(8)69-61-53-45-37-31-25-19-12-10-11-13-20-26-32-38-46-54-62-70-87(92)100-76-85(106-89(94)72-64-56-47-39-33-27-21-15-14-17-23-29-35-42-50-58-66-80(2)3)78-104-108(96,97)102-74-84(91)75-103-109(98,99)105-79-86(77-101-88(93)71-63-55-49-41-44-52-60-68-82(6)7)107-90(95)73-65-57-48-40-34-28-22-16-18-24-30-36-43-51-59-67-81(4)5/h80-86,91H,9-79H2,1-8H3,(H,96,97)(H,98,99)/t83?,84?,85-,86-/m1/s1. The highest BCUT2D eigenvalue weighted by Gasteiger charge is 2.31. The Labute approximate surface area is 670 Å². The molecule has 19 heteroatoms. The van der Waals surface area contributed by atoms with E-state index in [9.17, 15) is 43.2 Å². The minimum atomic E-state index is -4.97. The van der Waals surface area contributed by atoms with Crippen molar-refractivity contribution in [2.24, 2.45) is 23.7 Å². The summed E-state index contributed by atoms with van der Waals surface area (Å²) in [6.45, 7) is 14.4. The van der Waals surface area contributed by atoms with Crippen molar-refractivity contribution in [2.75, 3.05) is 39.6 Å². The van der Waals surface area contributed by atoms with E-state index in [0.29, 0.717) is 31.6 Å². The first-order valence-corrected chi connectivity index (χ1v) is 49.2. The molecule has 3 N–H and O–H groups in total. The smallest absolute Gasteiger partial charge is 0.462 e. The number of carbonyl (C=O) groups is 4. The van der Waals surface area contributed by atoms with E-state index in [-0.39, 0.29) is 25.7 Å². The summed E-state index contributed by atoms with van der Waals surface area (Å²) >= 11 is 0. The Balaban J connectivity index is 5.22. The average molecular weight is 1590 g/mol. The summed E-state index contributed by atoms with van der Waals surface area (Å²) in [4.78, 5) is 73.3. The molecule has 0 bridgehead atoms. The molecule has 0 aliphatic heterocycles.